The lowest BCUT2D eigenvalue weighted by Gasteiger charge is -2.08. The van der Waals surface area contributed by atoms with E-state index in [4.69, 9.17) is 0 Å². The van der Waals surface area contributed by atoms with Crippen molar-refractivity contribution in [1.82, 2.24) is 10.3 Å². The lowest BCUT2D eigenvalue weighted by atomic mass is 10.3. The third kappa shape index (κ3) is 3.82. The van der Waals surface area contributed by atoms with Gasteiger partial charge in [-0.25, -0.2) is 13.4 Å². The summed E-state index contributed by atoms with van der Waals surface area (Å²) in [5, 5.41) is 3.02. The first-order chi connectivity index (χ1) is 9.83. The van der Waals surface area contributed by atoms with Crippen molar-refractivity contribution in [3.8, 4) is 0 Å². The molecule has 0 radical (unpaired) electrons. The predicted octanol–water partition coefficient (Wildman–Crippen LogP) is 3.04. The molecule has 8 heteroatoms. The highest BCUT2D eigenvalue weighted by Crippen LogP contribution is 2.27. The minimum absolute atomic E-state index is 0.306. The van der Waals surface area contributed by atoms with E-state index >= 15 is 0 Å². The van der Waals surface area contributed by atoms with E-state index in [0.29, 0.717) is 17.3 Å². The molecule has 0 spiro atoms. The Morgan fingerprint density at radius 1 is 1.33 bits per heavy atom. The summed E-state index contributed by atoms with van der Waals surface area (Å²) in [7, 11) is -1.79. The predicted molar refractivity (Wildman–Crippen MR) is 89.3 cm³/mol. The zero-order chi connectivity index (χ0) is 15.6. The zero-order valence-electron chi connectivity index (χ0n) is 11.9. The van der Waals surface area contributed by atoms with Gasteiger partial charge in [-0.3, -0.25) is 4.72 Å². The Morgan fingerprint density at radius 3 is 2.67 bits per heavy atom. The minimum atomic E-state index is -3.62. The molecule has 0 aliphatic heterocycles. The highest BCUT2D eigenvalue weighted by molar-refractivity contribution is 9.10. The van der Waals surface area contributed by atoms with Crippen molar-refractivity contribution >= 4 is 43.1 Å². The van der Waals surface area contributed by atoms with Crippen molar-refractivity contribution < 1.29 is 8.42 Å². The third-order valence-corrected chi connectivity index (χ3v) is 6.34. The van der Waals surface area contributed by atoms with Gasteiger partial charge in [-0.15, -0.1) is 11.3 Å². The molecule has 5 nitrogen and oxygen atoms in total. The summed E-state index contributed by atoms with van der Waals surface area (Å²) < 4.78 is 28.3. The van der Waals surface area contributed by atoms with Crippen molar-refractivity contribution in [2.75, 3.05) is 11.8 Å². The van der Waals surface area contributed by atoms with E-state index in [0.717, 1.165) is 19.8 Å². The molecule has 114 valence electrons. The second kappa shape index (κ2) is 6.43. The van der Waals surface area contributed by atoms with Crippen molar-refractivity contribution in [2.24, 2.45) is 0 Å². The van der Waals surface area contributed by atoms with E-state index in [1.54, 1.807) is 25.3 Å². The quantitative estimate of drug-likeness (QED) is 0.823. The highest BCUT2D eigenvalue weighted by Gasteiger charge is 2.20. The average molecular weight is 390 g/mol. The number of aryl methyl sites for hydroxylation is 2. The number of thiophene rings is 1. The van der Waals surface area contributed by atoms with Crippen LogP contribution in [0.15, 0.2) is 27.7 Å². The average Bonchev–Trinajstić information content (AvgIpc) is 2.76. The number of pyridine rings is 1. The molecule has 2 rings (SSSR count). The maximum Gasteiger partial charge on any atom is 0.264 e. The van der Waals surface area contributed by atoms with Gasteiger partial charge in [0.15, 0.2) is 0 Å². The molecular formula is C13H16BrN3O2S2. The molecule has 2 heterocycles. The number of nitrogens with zero attached hydrogens (tertiary/aromatic N) is 1. The van der Waals surface area contributed by atoms with Crippen LogP contribution in [0.1, 0.15) is 15.3 Å². The van der Waals surface area contributed by atoms with Crippen molar-refractivity contribution in [1.29, 1.82) is 0 Å². The molecule has 2 aromatic rings. The SMILES string of the molecule is CNCc1cc(S(=O)(=O)Nc2cc(C)c(Br)cn2)c(C)s1. The van der Waals surface area contributed by atoms with Gasteiger partial charge in [0.25, 0.3) is 10.0 Å². The van der Waals surface area contributed by atoms with Gasteiger partial charge in [-0.2, -0.15) is 0 Å². The van der Waals surface area contributed by atoms with Crippen LogP contribution in [0.5, 0.6) is 0 Å². The van der Waals surface area contributed by atoms with Gasteiger partial charge in [0.05, 0.1) is 0 Å². The lowest BCUT2D eigenvalue weighted by molar-refractivity contribution is 0.601. The van der Waals surface area contributed by atoms with Gasteiger partial charge < -0.3 is 5.32 Å². The molecule has 0 aromatic carbocycles. The molecule has 0 fully saturated rings. The molecule has 0 unspecified atom stereocenters. The van der Waals surface area contributed by atoms with Crippen molar-refractivity contribution in [3.05, 3.63) is 38.1 Å². The van der Waals surface area contributed by atoms with Crippen LogP contribution in [0.25, 0.3) is 0 Å². The lowest BCUT2D eigenvalue weighted by Crippen LogP contribution is -2.14. The number of rotatable bonds is 5. The van der Waals surface area contributed by atoms with Crippen LogP contribution >= 0.6 is 27.3 Å². The van der Waals surface area contributed by atoms with Gasteiger partial charge in [-0.05, 0) is 54.5 Å². The number of halogens is 1. The molecule has 0 aliphatic rings. The van der Waals surface area contributed by atoms with E-state index in [1.165, 1.54) is 11.3 Å². The Morgan fingerprint density at radius 2 is 2.05 bits per heavy atom. The molecule has 21 heavy (non-hydrogen) atoms. The second-order valence-electron chi connectivity index (χ2n) is 4.59. The topological polar surface area (TPSA) is 71.1 Å². The Balaban J connectivity index is 2.31. The Labute approximate surface area is 137 Å². The largest absolute Gasteiger partial charge is 0.315 e. The summed E-state index contributed by atoms with van der Waals surface area (Å²) in [6.07, 6.45) is 1.58. The number of sulfonamides is 1. The normalized spacial score (nSPS) is 11.6. The molecule has 0 saturated carbocycles. The second-order valence-corrected chi connectivity index (χ2v) is 8.43. The van der Waals surface area contributed by atoms with Crippen molar-refractivity contribution in [3.63, 3.8) is 0 Å². The maximum absolute atomic E-state index is 12.5. The Hall–Kier alpha value is -0.960. The van der Waals surface area contributed by atoms with E-state index in [-0.39, 0.29) is 0 Å². The van der Waals surface area contributed by atoms with Crippen LogP contribution in [0.2, 0.25) is 0 Å². The Bertz CT molecular complexity index is 757. The number of aromatic nitrogens is 1. The van der Waals surface area contributed by atoms with Gasteiger partial charge >= 0.3 is 0 Å². The third-order valence-electron chi connectivity index (χ3n) is 2.85. The van der Waals surface area contributed by atoms with Crippen molar-refractivity contribution in [2.45, 2.75) is 25.3 Å². The maximum atomic E-state index is 12.5. The first kappa shape index (κ1) is 16.4. The van der Waals surface area contributed by atoms with Crippen LogP contribution in [0.3, 0.4) is 0 Å². The molecule has 0 aliphatic carbocycles. The molecule has 0 atom stereocenters. The fourth-order valence-electron chi connectivity index (χ4n) is 1.84. The van der Waals surface area contributed by atoms with Crippen LogP contribution < -0.4 is 10.0 Å². The van der Waals surface area contributed by atoms with Crippen LogP contribution in [-0.2, 0) is 16.6 Å². The summed E-state index contributed by atoms with van der Waals surface area (Å²) in [6.45, 7) is 4.33. The summed E-state index contributed by atoms with van der Waals surface area (Å²) >= 11 is 4.81. The van der Waals surface area contributed by atoms with Gasteiger partial charge in [0.2, 0.25) is 0 Å². The summed E-state index contributed by atoms with van der Waals surface area (Å²) in [5.74, 6) is 0.316. The van der Waals surface area contributed by atoms with E-state index in [9.17, 15) is 8.42 Å². The Kier molecular flexibility index (Phi) is 5.03. The molecule has 0 bridgehead atoms. The molecule has 0 saturated heterocycles. The van der Waals surface area contributed by atoms with Gasteiger partial charge in [0.1, 0.15) is 10.7 Å². The van der Waals surface area contributed by atoms with E-state index in [1.807, 2.05) is 14.0 Å². The number of hydrogen-bond acceptors (Lipinski definition) is 5. The fourth-order valence-corrected chi connectivity index (χ4v) is 4.70. The monoisotopic (exact) mass is 389 g/mol. The van der Waals surface area contributed by atoms with Gasteiger partial charge in [-0.1, -0.05) is 0 Å². The molecule has 2 aromatic heterocycles. The number of hydrogen-bond donors (Lipinski definition) is 2. The fraction of sp³-hybridized carbons (Fsp3) is 0.308. The summed E-state index contributed by atoms with van der Waals surface area (Å²) in [4.78, 5) is 6.13. The number of anilines is 1. The minimum Gasteiger partial charge on any atom is -0.315 e. The first-order valence-corrected chi connectivity index (χ1v) is 9.31. The van der Waals surface area contributed by atoms with Gasteiger partial charge in [0, 0.05) is 27.0 Å². The molecule has 2 N–H and O–H groups in total. The highest BCUT2D eigenvalue weighted by atomic mass is 79.9. The smallest absolute Gasteiger partial charge is 0.264 e. The zero-order valence-corrected chi connectivity index (χ0v) is 15.1. The standard InChI is InChI=1S/C13H16BrN3O2S2/c1-8-4-13(16-7-11(8)14)17-21(18,19)12-5-10(6-15-3)20-9(12)2/h4-5,7,15H,6H2,1-3H3,(H,16,17). The first-order valence-electron chi connectivity index (χ1n) is 6.22. The van der Waals surface area contributed by atoms with E-state index < -0.39 is 10.0 Å². The van der Waals surface area contributed by atoms with Crippen LogP contribution in [0, 0.1) is 13.8 Å². The molecular weight excluding hydrogens is 374 g/mol. The van der Waals surface area contributed by atoms with Crippen LogP contribution in [0.4, 0.5) is 5.82 Å². The summed E-state index contributed by atoms with van der Waals surface area (Å²) in [5.41, 5.74) is 0.917. The molecule has 0 amide bonds. The number of nitrogens with one attached hydrogen (secondary N) is 2. The van der Waals surface area contributed by atoms with Crippen LogP contribution in [-0.4, -0.2) is 20.4 Å². The summed E-state index contributed by atoms with van der Waals surface area (Å²) in [6, 6.07) is 3.39. The van der Waals surface area contributed by atoms with E-state index in [2.05, 4.69) is 31.0 Å².